The molecule has 0 aliphatic carbocycles. The van der Waals surface area contributed by atoms with Gasteiger partial charge in [0.1, 0.15) is 5.60 Å². The van der Waals surface area contributed by atoms with E-state index >= 15 is 0 Å². The van der Waals surface area contributed by atoms with Crippen molar-refractivity contribution < 1.29 is 14.3 Å². The third-order valence-electron chi connectivity index (χ3n) is 2.24. The Bertz CT molecular complexity index is 444. The zero-order valence-electron chi connectivity index (χ0n) is 11.0. The van der Waals surface area contributed by atoms with E-state index in [1.165, 1.54) is 6.92 Å². The van der Waals surface area contributed by atoms with Gasteiger partial charge in [0, 0.05) is 5.56 Å². The van der Waals surface area contributed by atoms with Crippen LogP contribution in [-0.4, -0.2) is 22.2 Å². The first kappa shape index (κ1) is 14.7. The van der Waals surface area contributed by atoms with Crippen LogP contribution in [0.4, 0.5) is 0 Å². The largest absolute Gasteiger partial charge is 0.458 e. The van der Waals surface area contributed by atoms with Crippen molar-refractivity contribution in [2.45, 2.75) is 38.2 Å². The molecule has 0 aliphatic rings. The summed E-state index contributed by atoms with van der Waals surface area (Å²) in [5, 5.41) is 0. The minimum atomic E-state index is -1.70. The number of Topliss-reactive ketones (excluding diaryl/α,β-unsaturated/α-hetero) is 1. The Hall–Kier alpha value is -1.35. The van der Waals surface area contributed by atoms with E-state index in [9.17, 15) is 9.59 Å². The highest BCUT2D eigenvalue weighted by Gasteiger charge is 2.42. The summed E-state index contributed by atoms with van der Waals surface area (Å²) in [4.78, 5) is 22.4. The minimum absolute atomic E-state index is 0.390. The highest BCUT2D eigenvalue weighted by atomic mass is 35.5. The van der Waals surface area contributed by atoms with Crippen LogP contribution in [0.1, 0.15) is 38.1 Å². The van der Waals surface area contributed by atoms with Crippen molar-refractivity contribution in [1.82, 2.24) is 0 Å². The number of halogens is 1. The molecule has 0 amide bonds. The first-order valence-electron chi connectivity index (χ1n) is 5.67. The first-order chi connectivity index (χ1) is 8.14. The summed E-state index contributed by atoms with van der Waals surface area (Å²) in [7, 11) is 0. The van der Waals surface area contributed by atoms with Gasteiger partial charge in [-0.2, -0.15) is 0 Å². The summed E-state index contributed by atoms with van der Waals surface area (Å²) in [5.74, 6) is -1.19. The summed E-state index contributed by atoms with van der Waals surface area (Å²) in [6.07, 6.45) is 0. The molecule has 0 N–H and O–H groups in total. The summed E-state index contributed by atoms with van der Waals surface area (Å²) in [6.45, 7) is 6.54. The highest BCUT2D eigenvalue weighted by molar-refractivity contribution is 6.47. The van der Waals surface area contributed by atoms with Crippen molar-refractivity contribution in [2.24, 2.45) is 0 Å². The summed E-state index contributed by atoms with van der Waals surface area (Å²) in [5.41, 5.74) is -0.287. The number of esters is 1. The van der Waals surface area contributed by atoms with Crippen molar-refractivity contribution >= 4 is 23.4 Å². The molecule has 98 valence electrons. The number of carbonyl (C=O) groups excluding carboxylic acids is 2. The van der Waals surface area contributed by atoms with E-state index in [1.54, 1.807) is 51.1 Å². The van der Waals surface area contributed by atoms with Crippen LogP contribution in [0, 0.1) is 0 Å². The smallest absolute Gasteiger partial charge is 0.335 e. The van der Waals surface area contributed by atoms with E-state index in [0.29, 0.717) is 5.56 Å². The normalized spacial score (nSPS) is 14.7. The molecule has 0 saturated carbocycles. The zero-order valence-corrected chi connectivity index (χ0v) is 11.7. The second-order valence-electron chi connectivity index (χ2n) is 5.20. The minimum Gasteiger partial charge on any atom is -0.458 e. The molecular weight excluding hydrogens is 252 g/mol. The van der Waals surface area contributed by atoms with E-state index in [1.807, 2.05) is 0 Å². The number of alkyl halides is 1. The maximum atomic E-state index is 12.2. The highest BCUT2D eigenvalue weighted by Crippen LogP contribution is 2.25. The van der Waals surface area contributed by atoms with Gasteiger partial charge in [0.25, 0.3) is 0 Å². The molecule has 1 atom stereocenters. The van der Waals surface area contributed by atoms with Crippen LogP contribution >= 0.6 is 11.6 Å². The predicted molar refractivity (Wildman–Crippen MR) is 70.9 cm³/mol. The molecular formula is C14H17ClO3. The molecule has 0 fully saturated rings. The van der Waals surface area contributed by atoms with E-state index in [0.717, 1.165) is 0 Å². The third kappa shape index (κ3) is 3.57. The number of ether oxygens (including phenoxy) is 1. The molecule has 0 saturated heterocycles. The van der Waals surface area contributed by atoms with Gasteiger partial charge in [-0.1, -0.05) is 41.9 Å². The third-order valence-corrected chi connectivity index (χ3v) is 2.57. The molecule has 0 unspecified atom stereocenters. The van der Waals surface area contributed by atoms with Crippen LogP contribution in [0.25, 0.3) is 0 Å². The van der Waals surface area contributed by atoms with Gasteiger partial charge in [0.2, 0.25) is 4.87 Å². The first-order valence-corrected chi connectivity index (χ1v) is 6.04. The standard InChI is InChI=1S/C14H17ClO3/c1-13(2,3)18-12(17)14(4,15)11(16)10-8-6-5-7-9-10/h5-9H,1-4H3/t14-/m0/s1. The maximum absolute atomic E-state index is 12.2. The Morgan fingerprint density at radius 1 is 1.06 bits per heavy atom. The quantitative estimate of drug-likeness (QED) is 0.366. The molecule has 0 radical (unpaired) electrons. The van der Waals surface area contributed by atoms with Gasteiger partial charge in [-0.3, -0.25) is 4.79 Å². The van der Waals surface area contributed by atoms with E-state index in [2.05, 4.69) is 0 Å². The Morgan fingerprint density at radius 2 is 1.56 bits per heavy atom. The number of hydrogen-bond acceptors (Lipinski definition) is 3. The van der Waals surface area contributed by atoms with Crippen LogP contribution < -0.4 is 0 Å². The van der Waals surface area contributed by atoms with Gasteiger partial charge >= 0.3 is 5.97 Å². The van der Waals surface area contributed by atoms with Crippen molar-refractivity contribution in [3.8, 4) is 0 Å². The molecule has 1 rings (SSSR count). The van der Waals surface area contributed by atoms with Crippen molar-refractivity contribution in [1.29, 1.82) is 0 Å². The average molecular weight is 269 g/mol. The Labute approximate surface area is 112 Å². The molecule has 18 heavy (non-hydrogen) atoms. The average Bonchev–Trinajstić information content (AvgIpc) is 2.27. The van der Waals surface area contributed by atoms with Crippen LogP contribution in [0.3, 0.4) is 0 Å². The second-order valence-corrected chi connectivity index (χ2v) is 5.96. The van der Waals surface area contributed by atoms with Crippen LogP contribution in [0.2, 0.25) is 0 Å². The van der Waals surface area contributed by atoms with Crippen molar-refractivity contribution in [3.05, 3.63) is 35.9 Å². The lowest BCUT2D eigenvalue weighted by molar-refractivity contribution is -0.156. The van der Waals surface area contributed by atoms with Gasteiger partial charge < -0.3 is 4.74 Å². The molecule has 3 nitrogen and oxygen atoms in total. The number of hydrogen-bond donors (Lipinski definition) is 0. The zero-order chi connectivity index (χ0) is 14.0. The van der Waals surface area contributed by atoms with Gasteiger partial charge in [0.05, 0.1) is 0 Å². The molecule has 1 aromatic rings. The van der Waals surface area contributed by atoms with E-state index in [4.69, 9.17) is 16.3 Å². The Balaban J connectivity index is 2.93. The van der Waals surface area contributed by atoms with Crippen molar-refractivity contribution in [2.75, 3.05) is 0 Å². The van der Waals surface area contributed by atoms with E-state index < -0.39 is 22.2 Å². The number of carbonyl (C=O) groups is 2. The molecule has 0 spiro atoms. The molecule has 0 aliphatic heterocycles. The Morgan fingerprint density at radius 3 is 2.00 bits per heavy atom. The molecule has 1 aromatic carbocycles. The van der Waals surface area contributed by atoms with Gasteiger partial charge in [0.15, 0.2) is 5.78 Å². The van der Waals surface area contributed by atoms with Crippen LogP contribution in [0.15, 0.2) is 30.3 Å². The number of rotatable bonds is 3. The van der Waals surface area contributed by atoms with Crippen LogP contribution in [-0.2, 0) is 9.53 Å². The molecule has 4 heteroatoms. The topological polar surface area (TPSA) is 43.4 Å². The van der Waals surface area contributed by atoms with Crippen LogP contribution in [0.5, 0.6) is 0 Å². The molecule has 0 bridgehead atoms. The lowest BCUT2D eigenvalue weighted by atomic mass is 9.98. The fraction of sp³-hybridized carbons (Fsp3) is 0.429. The Kier molecular flexibility index (Phi) is 4.17. The van der Waals surface area contributed by atoms with Gasteiger partial charge in [-0.05, 0) is 27.7 Å². The summed E-state index contributed by atoms with van der Waals surface area (Å²) < 4.78 is 5.15. The summed E-state index contributed by atoms with van der Waals surface area (Å²) in [6, 6.07) is 8.46. The lowest BCUT2D eigenvalue weighted by Gasteiger charge is -2.26. The molecule has 0 aromatic heterocycles. The fourth-order valence-corrected chi connectivity index (χ4v) is 1.47. The van der Waals surface area contributed by atoms with Crippen molar-refractivity contribution in [3.63, 3.8) is 0 Å². The second kappa shape index (κ2) is 5.11. The number of ketones is 1. The SMILES string of the molecule is CC(C)(C)OC(=O)[C@@](C)(Cl)C(=O)c1ccccc1. The monoisotopic (exact) mass is 268 g/mol. The molecule has 0 heterocycles. The van der Waals surface area contributed by atoms with Gasteiger partial charge in [-0.15, -0.1) is 0 Å². The fourth-order valence-electron chi connectivity index (χ4n) is 1.33. The lowest BCUT2D eigenvalue weighted by Crippen LogP contribution is -2.43. The maximum Gasteiger partial charge on any atom is 0.335 e. The van der Waals surface area contributed by atoms with Gasteiger partial charge in [-0.25, -0.2) is 4.79 Å². The van der Waals surface area contributed by atoms with E-state index in [-0.39, 0.29) is 0 Å². The summed E-state index contributed by atoms with van der Waals surface area (Å²) >= 11 is 6.05. The number of benzene rings is 1. The predicted octanol–water partition coefficient (Wildman–Crippen LogP) is 3.21.